The van der Waals surface area contributed by atoms with Crippen LogP contribution in [-0.4, -0.2) is 35.6 Å². The van der Waals surface area contributed by atoms with Crippen LogP contribution in [0, 0.1) is 0 Å². The van der Waals surface area contributed by atoms with Gasteiger partial charge in [-0.05, 0) is 30.7 Å². The first-order valence-corrected chi connectivity index (χ1v) is 6.77. The Kier molecular flexibility index (Phi) is 3.98. The fraction of sp³-hybridized carbons (Fsp3) is 0.500. The molecule has 1 aliphatic rings. The van der Waals surface area contributed by atoms with E-state index in [4.69, 9.17) is 0 Å². The van der Waals surface area contributed by atoms with E-state index in [1.165, 1.54) is 11.3 Å². The Balaban J connectivity index is 1.77. The van der Waals surface area contributed by atoms with E-state index in [0.29, 0.717) is 4.88 Å². The van der Waals surface area contributed by atoms with Crippen molar-refractivity contribution in [3.05, 3.63) is 22.4 Å². The van der Waals surface area contributed by atoms with Gasteiger partial charge in [0.15, 0.2) is 0 Å². The summed E-state index contributed by atoms with van der Waals surface area (Å²) >= 11 is 1.33. The van der Waals surface area contributed by atoms with Crippen molar-refractivity contribution in [3.8, 4) is 0 Å². The molecule has 2 rings (SSSR count). The molecule has 1 fully saturated rings. The highest BCUT2D eigenvalue weighted by Gasteiger charge is 2.37. The predicted octanol–water partition coefficient (Wildman–Crippen LogP) is 0.509. The van der Waals surface area contributed by atoms with Gasteiger partial charge in [-0.3, -0.25) is 9.59 Å². The van der Waals surface area contributed by atoms with Crippen LogP contribution >= 0.6 is 11.3 Å². The first-order chi connectivity index (χ1) is 8.65. The maximum atomic E-state index is 11.7. The molecule has 1 aromatic heterocycles. The van der Waals surface area contributed by atoms with E-state index in [-0.39, 0.29) is 25.0 Å². The summed E-state index contributed by atoms with van der Waals surface area (Å²) < 4.78 is 0. The van der Waals surface area contributed by atoms with Gasteiger partial charge in [-0.25, -0.2) is 0 Å². The first kappa shape index (κ1) is 13.0. The summed E-state index contributed by atoms with van der Waals surface area (Å²) in [6, 6.07) is 3.49. The van der Waals surface area contributed by atoms with E-state index in [1.54, 1.807) is 12.1 Å². The normalized spacial score (nSPS) is 16.7. The summed E-state index contributed by atoms with van der Waals surface area (Å²) in [6.45, 7) is -0.101. The largest absolute Gasteiger partial charge is 0.394 e. The quantitative estimate of drug-likeness (QED) is 0.728. The highest BCUT2D eigenvalue weighted by atomic mass is 32.1. The number of thiophene rings is 1. The second kappa shape index (κ2) is 5.49. The third-order valence-corrected chi connectivity index (χ3v) is 4.04. The van der Waals surface area contributed by atoms with Crippen molar-refractivity contribution < 1.29 is 14.7 Å². The number of aliphatic hydroxyl groups excluding tert-OH is 1. The van der Waals surface area contributed by atoms with Crippen molar-refractivity contribution in [3.63, 3.8) is 0 Å². The second-order valence-corrected chi connectivity index (χ2v) is 5.45. The highest BCUT2D eigenvalue weighted by Crippen LogP contribution is 2.30. The molecule has 2 amide bonds. The van der Waals surface area contributed by atoms with Gasteiger partial charge in [0.05, 0.1) is 23.6 Å². The lowest BCUT2D eigenvalue weighted by molar-refractivity contribution is -0.124. The summed E-state index contributed by atoms with van der Waals surface area (Å²) in [4.78, 5) is 23.8. The van der Waals surface area contributed by atoms with Gasteiger partial charge in [-0.2, -0.15) is 0 Å². The van der Waals surface area contributed by atoms with Crippen molar-refractivity contribution in [2.75, 3.05) is 13.2 Å². The number of carbonyl (C=O) groups is 2. The first-order valence-electron chi connectivity index (χ1n) is 5.89. The van der Waals surface area contributed by atoms with Crippen molar-refractivity contribution in [1.29, 1.82) is 0 Å². The molecule has 1 aromatic rings. The van der Waals surface area contributed by atoms with Crippen LogP contribution in [-0.2, 0) is 4.79 Å². The Morgan fingerprint density at radius 3 is 2.72 bits per heavy atom. The van der Waals surface area contributed by atoms with Gasteiger partial charge in [0.1, 0.15) is 0 Å². The zero-order chi connectivity index (χ0) is 13.0. The van der Waals surface area contributed by atoms with E-state index in [1.807, 2.05) is 5.38 Å². The minimum atomic E-state index is -0.454. The molecule has 0 spiro atoms. The molecule has 0 aliphatic heterocycles. The topological polar surface area (TPSA) is 78.4 Å². The van der Waals surface area contributed by atoms with Crippen LogP contribution in [0.25, 0.3) is 0 Å². The summed E-state index contributed by atoms with van der Waals surface area (Å²) in [6.07, 6.45) is 2.62. The Bertz CT molecular complexity index is 421. The Labute approximate surface area is 109 Å². The molecular weight excluding hydrogens is 252 g/mol. The smallest absolute Gasteiger partial charge is 0.261 e. The zero-order valence-electron chi connectivity index (χ0n) is 9.94. The fourth-order valence-corrected chi connectivity index (χ4v) is 2.56. The molecule has 98 valence electrons. The Hall–Kier alpha value is -1.40. The van der Waals surface area contributed by atoms with Crippen LogP contribution in [0.3, 0.4) is 0 Å². The SMILES string of the molecule is O=C(CNC(=O)c1cccs1)NC1(CO)CCC1. The van der Waals surface area contributed by atoms with Gasteiger partial charge in [0.25, 0.3) is 5.91 Å². The molecule has 0 bridgehead atoms. The van der Waals surface area contributed by atoms with E-state index in [2.05, 4.69) is 10.6 Å². The number of aliphatic hydroxyl groups is 1. The summed E-state index contributed by atoms with van der Waals surface area (Å²) in [7, 11) is 0. The third kappa shape index (κ3) is 2.88. The standard InChI is InChI=1S/C12H16N2O3S/c15-8-12(4-2-5-12)14-10(16)7-13-11(17)9-3-1-6-18-9/h1,3,6,15H,2,4-5,7-8H2,(H,13,17)(H,14,16). The van der Waals surface area contributed by atoms with E-state index >= 15 is 0 Å². The van der Waals surface area contributed by atoms with Crippen molar-refractivity contribution in [2.24, 2.45) is 0 Å². The molecule has 0 saturated heterocycles. The lowest BCUT2D eigenvalue weighted by Gasteiger charge is -2.40. The fourth-order valence-electron chi connectivity index (χ4n) is 1.92. The van der Waals surface area contributed by atoms with Crippen molar-refractivity contribution >= 4 is 23.2 Å². The average molecular weight is 268 g/mol. The maximum absolute atomic E-state index is 11.7. The van der Waals surface area contributed by atoms with E-state index in [0.717, 1.165) is 19.3 Å². The van der Waals surface area contributed by atoms with E-state index in [9.17, 15) is 14.7 Å². The van der Waals surface area contributed by atoms with Crippen LogP contribution in [0.1, 0.15) is 28.9 Å². The minimum absolute atomic E-state index is 0.0440. The van der Waals surface area contributed by atoms with Gasteiger partial charge < -0.3 is 15.7 Å². The molecule has 0 unspecified atom stereocenters. The zero-order valence-corrected chi connectivity index (χ0v) is 10.8. The number of rotatable bonds is 5. The molecule has 5 nitrogen and oxygen atoms in total. The Morgan fingerprint density at radius 1 is 1.44 bits per heavy atom. The average Bonchev–Trinajstić information content (AvgIpc) is 2.84. The molecule has 0 atom stereocenters. The molecule has 6 heteroatoms. The maximum Gasteiger partial charge on any atom is 0.261 e. The number of hydrogen-bond donors (Lipinski definition) is 3. The molecule has 1 aliphatic carbocycles. The van der Waals surface area contributed by atoms with Crippen LogP contribution in [0.2, 0.25) is 0 Å². The summed E-state index contributed by atoms with van der Waals surface area (Å²) in [5.74, 6) is -0.500. The molecule has 0 aromatic carbocycles. The van der Waals surface area contributed by atoms with Gasteiger partial charge in [-0.15, -0.1) is 11.3 Å². The number of nitrogens with one attached hydrogen (secondary N) is 2. The highest BCUT2D eigenvalue weighted by molar-refractivity contribution is 7.12. The molecule has 1 heterocycles. The van der Waals surface area contributed by atoms with Gasteiger partial charge in [0.2, 0.25) is 5.91 Å². The Morgan fingerprint density at radius 2 is 2.22 bits per heavy atom. The molecule has 18 heavy (non-hydrogen) atoms. The van der Waals surface area contributed by atoms with Crippen LogP contribution in [0.15, 0.2) is 17.5 Å². The van der Waals surface area contributed by atoms with Crippen LogP contribution in [0.4, 0.5) is 0 Å². The molecule has 1 saturated carbocycles. The summed E-state index contributed by atoms with van der Waals surface area (Å²) in [5, 5.41) is 16.4. The summed E-state index contributed by atoms with van der Waals surface area (Å²) in [5.41, 5.74) is -0.454. The lowest BCUT2D eigenvalue weighted by atomic mass is 9.77. The van der Waals surface area contributed by atoms with Crippen LogP contribution < -0.4 is 10.6 Å². The van der Waals surface area contributed by atoms with E-state index < -0.39 is 5.54 Å². The van der Waals surface area contributed by atoms with Crippen LogP contribution in [0.5, 0.6) is 0 Å². The number of amides is 2. The van der Waals surface area contributed by atoms with Gasteiger partial charge in [-0.1, -0.05) is 6.07 Å². The molecule has 3 N–H and O–H groups in total. The molecule has 0 radical (unpaired) electrons. The van der Waals surface area contributed by atoms with Gasteiger partial charge >= 0.3 is 0 Å². The monoisotopic (exact) mass is 268 g/mol. The third-order valence-electron chi connectivity index (χ3n) is 3.17. The number of hydrogen-bond acceptors (Lipinski definition) is 4. The molecular formula is C12H16N2O3S. The van der Waals surface area contributed by atoms with Crippen molar-refractivity contribution in [2.45, 2.75) is 24.8 Å². The predicted molar refractivity (Wildman–Crippen MR) is 68.5 cm³/mol. The minimum Gasteiger partial charge on any atom is -0.394 e. The number of carbonyl (C=O) groups excluding carboxylic acids is 2. The van der Waals surface area contributed by atoms with Gasteiger partial charge in [0, 0.05) is 0 Å². The van der Waals surface area contributed by atoms with Crippen molar-refractivity contribution in [1.82, 2.24) is 10.6 Å². The lowest BCUT2D eigenvalue weighted by Crippen LogP contribution is -2.57. The second-order valence-electron chi connectivity index (χ2n) is 4.50.